The first kappa shape index (κ1) is 5.86. The second-order valence-electron chi connectivity index (χ2n) is 2.30. The zero-order valence-electron chi connectivity index (χ0n) is 5.45. The van der Waals surface area contributed by atoms with Gasteiger partial charge in [0.2, 0.25) is 0 Å². The number of rotatable bonds is 0. The van der Waals surface area contributed by atoms with Gasteiger partial charge in [0.05, 0.1) is 4.99 Å². The Morgan fingerprint density at radius 1 is 1.40 bits per heavy atom. The molecule has 0 spiro atoms. The van der Waals surface area contributed by atoms with Crippen LogP contribution in [0.3, 0.4) is 0 Å². The van der Waals surface area contributed by atoms with E-state index in [1.54, 1.807) is 0 Å². The van der Waals surface area contributed by atoms with E-state index in [1.165, 1.54) is 5.70 Å². The fraction of sp³-hybridized carbons (Fsp3) is 0.125. The molecule has 2 rings (SSSR count). The van der Waals surface area contributed by atoms with Gasteiger partial charge in [0.25, 0.3) is 0 Å². The second kappa shape index (κ2) is 2.06. The Kier molecular flexibility index (Phi) is 1.21. The third kappa shape index (κ3) is 0.727. The van der Waals surface area contributed by atoms with Crippen LogP contribution in [0.15, 0.2) is 36.2 Å². The van der Waals surface area contributed by atoms with Crippen molar-refractivity contribution in [2.75, 3.05) is 0 Å². The van der Waals surface area contributed by atoms with Crippen LogP contribution in [-0.4, -0.2) is 9.89 Å². The summed E-state index contributed by atoms with van der Waals surface area (Å²) < 4.78 is 0. The number of allylic oxidation sites excluding steroid dienone is 3. The number of fused-ring (bicyclic) bond motifs is 1. The van der Waals surface area contributed by atoms with E-state index in [0.29, 0.717) is 0 Å². The third-order valence-electron chi connectivity index (χ3n) is 1.65. The van der Waals surface area contributed by atoms with Gasteiger partial charge in [-0.3, -0.25) is 0 Å². The Balaban J connectivity index is 2.39. The lowest BCUT2D eigenvalue weighted by Gasteiger charge is -2.16. The Labute approximate surface area is 65.3 Å². The summed E-state index contributed by atoms with van der Waals surface area (Å²) in [5.41, 5.74) is 1.22. The zero-order valence-corrected chi connectivity index (χ0v) is 6.27. The van der Waals surface area contributed by atoms with Gasteiger partial charge < -0.3 is 4.90 Å². The number of nitrogens with zero attached hydrogens (tertiary/aromatic N) is 1. The maximum Gasteiger partial charge on any atom is 0.0903 e. The van der Waals surface area contributed by atoms with Gasteiger partial charge in [-0.25, -0.2) is 0 Å². The van der Waals surface area contributed by atoms with E-state index in [9.17, 15) is 0 Å². The summed E-state index contributed by atoms with van der Waals surface area (Å²) in [6.45, 7) is 0. The minimum absolute atomic E-state index is 0.916. The van der Waals surface area contributed by atoms with Gasteiger partial charge in [-0.1, -0.05) is 24.4 Å². The summed E-state index contributed by atoms with van der Waals surface area (Å²) in [7, 11) is 0. The van der Waals surface area contributed by atoms with Gasteiger partial charge >= 0.3 is 0 Å². The van der Waals surface area contributed by atoms with Crippen LogP contribution in [0, 0.1) is 0 Å². The number of hydrogen-bond donors (Lipinski definition) is 0. The average molecular weight is 149 g/mol. The zero-order chi connectivity index (χ0) is 6.97. The molecular formula is C8H7NS. The van der Waals surface area contributed by atoms with Crippen molar-refractivity contribution in [1.29, 1.82) is 0 Å². The molecule has 0 saturated carbocycles. The summed E-state index contributed by atoms with van der Waals surface area (Å²) in [4.78, 5) is 3.03. The first-order chi connectivity index (χ1) is 4.88. The van der Waals surface area contributed by atoms with Crippen molar-refractivity contribution in [2.45, 2.75) is 6.42 Å². The Bertz CT molecular complexity index is 260. The summed E-state index contributed by atoms with van der Waals surface area (Å²) >= 11 is 5.11. The van der Waals surface area contributed by atoms with Crippen molar-refractivity contribution in [3.05, 3.63) is 36.2 Å². The molecule has 0 aromatic heterocycles. The fourth-order valence-corrected chi connectivity index (χ4v) is 1.39. The molecule has 0 aromatic carbocycles. The smallest absolute Gasteiger partial charge is 0.0903 e. The second-order valence-corrected chi connectivity index (χ2v) is 2.77. The molecule has 0 amide bonds. The molecule has 1 nitrogen and oxygen atoms in total. The van der Waals surface area contributed by atoms with E-state index < -0.39 is 0 Å². The lowest BCUT2D eigenvalue weighted by Crippen LogP contribution is -2.17. The summed E-state index contributed by atoms with van der Waals surface area (Å²) in [6.07, 6.45) is 11.1. The van der Waals surface area contributed by atoms with Crippen LogP contribution >= 0.6 is 12.2 Å². The van der Waals surface area contributed by atoms with Crippen molar-refractivity contribution in [1.82, 2.24) is 4.90 Å². The van der Waals surface area contributed by atoms with Gasteiger partial charge in [-0.05, 0) is 12.2 Å². The molecule has 2 aliphatic rings. The first-order valence-electron chi connectivity index (χ1n) is 3.25. The minimum Gasteiger partial charge on any atom is -0.312 e. The topological polar surface area (TPSA) is 3.24 Å². The molecule has 2 aliphatic heterocycles. The number of hydrogen-bond acceptors (Lipinski definition) is 1. The van der Waals surface area contributed by atoms with E-state index in [4.69, 9.17) is 12.2 Å². The van der Waals surface area contributed by atoms with Crippen molar-refractivity contribution < 1.29 is 0 Å². The monoisotopic (exact) mass is 149 g/mol. The molecule has 0 aliphatic carbocycles. The predicted molar refractivity (Wildman–Crippen MR) is 45.4 cm³/mol. The lowest BCUT2D eigenvalue weighted by molar-refractivity contribution is 0.736. The molecule has 2 heterocycles. The molecule has 50 valence electrons. The van der Waals surface area contributed by atoms with Crippen LogP contribution in [0.25, 0.3) is 0 Å². The molecule has 0 aromatic rings. The average Bonchev–Trinajstić information content (AvgIpc) is 2.34. The molecule has 0 radical (unpaired) electrons. The normalized spacial score (nSPS) is 21.4. The van der Waals surface area contributed by atoms with Crippen LogP contribution in [0.2, 0.25) is 0 Å². The van der Waals surface area contributed by atoms with Gasteiger partial charge in [0.1, 0.15) is 0 Å². The van der Waals surface area contributed by atoms with Crippen molar-refractivity contribution in [3.8, 4) is 0 Å². The van der Waals surface area contributed by atoms with Crippen LogP contribution in [0.5, 0.6) is 0 Å². The van der Waals surface area contributed by atoms with Crippen LogP contribution in [0.4, 0.5) is 0 Å². The maximum atomic E-state index is 5.11. The Hall–Kier alpha value is -0.890. The van der Waals surface area contributed by atoms with E-state index >= 15 is 0 Å². The standard InChI is InChI=1S/C8H7NS/c10-8-5-4-7-3-1-2-6-9(7)8/h1-4,6H,5H2. The Morgan fingerprint density at radius 3 is 3.10 bits per heavy atom. The molecule has 0 N–H and O–H groups in total. The molecule has 0 fully saturated rings. The van der Waals surface area contributed by atoms with E-state index in [1.807, 2.05) is 23.3 Å². The van der Waals surface area contributed by atoms with Gasteiger partial charge in [-0.15, -0.1) is 0 Å². The van der Waals surface area contributed by atoms with Crippen molar-refractivity contribution in [2.24, 2.45) is 0 Å². The first-order valence-corrected chi connectivity index (χ1v) is 3.66. The van der Waals surface area contributed by atoms with Gasteiger partial charge in [-0.2, -0.15) is 0 Å². The van der Waals surface area contributed by atoms with Crippen molar-refractivity contribution >= 4 is 17.2 Å². The van der Waals surface area contributed by atoms with Gasteiger partial charge in [0.15, 0.2) is 0 Å². The highest BCUT2D eigenvalue weighted by molar-refractivity contribution is 7.80. The predicted octanol–water partition coefficient (Wildman–Crippen LogP) is 1.99. The van der Waals surface area contributed by atoms with Crippen molar-refractivity contribution in [3.63, 3.8) is 0 Å². The SMILES string of the molecule is S=C1CC=C2C=CC=CN12. The van der Waals surface area contributed by atoms with Crippen LogP contribution in [0.1, 0.15) is 6.42 Å². The molecule has 0 atom stereocenters. The fourth-order valence-electron chi connectivity index (χ4n) is 1.14. The molecule has 0 saturated heterocycles. The molecule has 0 unspecified atom stereocenters. The third-order valence-corrected chi connectivity index (χ3v) is 2.01. The molecule has 0 bridgehead atoms. The summed E-state index contributed by atoms with van der Waals surface area (Å²) in [5.74, 6) is 0. The molecule has 10 heavy (non-hydrogen) atoms. The van der Waals surface area contributed by atoms with E-state index in [0.717, 1.165) is 11.4 Å². The number of thiocarbonyl (C=S) groups is 1. The molecular weight excluding hydrogens is 142 g/mol. The van der Waals surface area contributed by atoms with E-state index in [-0.39, 0.29) is 0 Å². The highest BCUT2D eigenvalue weighted by Gasteiger charge is 2.16. The van der Waals surface area contributed by atoms with E-state index in [2.05, 4.69) is 12.2 Å². The summed E-state index contributed by atoms with van der Waals surface area (Å²) in [6, 6.07) is 0. The largest absolute Gasteiger partial charge is 0.312 e. The highest BCUT2D eigenvalue weighted by atomic mass is 32.1. The Morgan fingerprint density at radius 2 is 2.30 bits per heavy atom. The van der Waals surface area contributed by atoms with Crippen LogP contribution in [-0.2, 0) is 0 Å². The highest BCUT2D eigenvalue weighted by Crippen LogP contribution is 2.21. The quantitative estimate of drug-likeness (QED) is 0.484. The van der Waals surface area contributed by atoms with Crippen LogP contribution < -0.4 is 0 Å². The minimum atomic E-state index is 0.916. The maximum absolute atomic E-state index is 5.11. The van der Waals surface area contributed by atoms with Gasteiger partial charge in [0, 0.05) is 18.3 Å². The molecule has 2 heteroatoms. The lowest BCUT2D eigenvalue weighted by atomic mass is 10.3. The summed E-state index contributed by atoms with van der Waals surface area (Å²) in [5, 5.41) is 0.